The lowest BCUT2D eigenvalue weighted by molar-refractivity contribution is -0.141. The van der Waals surface area contributed by atoms with Gasteiger partial charge in [0.2, 0.25) is 0 Å². The number of carbonyl (C=O) groups excluding carboxylic acids is 1. The van der Waals surface area contributed by atoms with Crippen molar-refractivity contribution in [2.45, 2.75) is 16.0 Å². The summed E-state index contributed by atoms with van der Waals surface area (Å²) in [6.45, 7) is 0. The van der Waals surface area contributed by atoms with Crippen molar-refractivity contribution in [1.29, 1.82) is 0 Å². The Hall–Kier alpha value is -4.05. The zero-order valence-corrected chi connectivity index (χ0v) is 18.7. The molecule has 3 N–H and O–H groups in total. The summed E-state index contributed by atoms with van der Waals surface area (Å²) in [6.07, 6.45) is -3.67. The van der Waals surface area contributed by atoms with Crippen molar-refractivity contribution in [1.82, 2.24) is 4.98 Å². The van der Waals surface area contributed by atoms with Crippen LogP contribution in [0.5, 0.6) is 0 Å². The Morgan fingerprint density at radius 1 is 0.857 bits per heavy atom. The van der Waals surface area contributed by atoms with Gasteiger partial charge in [0.1, 0.15) is 11.5 Å². The molecule has 35 heavy (non-hydrogen) atoms. The van der Waals surface area contributed by atoms with Gasteiger partial charge in [-0.2, -0.15) is 13.2 Å². The quantitative estimate of drug-likeness (QED) is 0.264. The van der Waals surface area contributed by atoms with Gasteiger partial charge in [0.25, 0.3) is 5.91 Å². The smallest absolute Gasteiger partial charge is 0.397 e. The van der Waals surface area contributed by atoms with Gasteiger partial charge in [-0.3, -0.25) is 9.78 Å². The third-order valence-corrected chi connectivity index (χ3v) is 6.42. The average molecular weight is 499 g/mol. The van der Waals surface area contributed by atoms with Gasteiger partial charge < -0.3 is 11.1 Å². The van der Waals surface area contributed by atoms with Crippen molar-refractivity contribution in [3.05, 3.63) is 102 Å². The number of nitrogens with two attached hydrogens (primary N) is 1. The molecule has 0 aliphatic heterocycles. The predicted octanol–water partition coefficient (Wildman–Crippen LogP) is 5.91. The van der Waals surface area contributed by atoms with E-state index in [0.29, 0.717) is 16.3 Å². The molecule has 1 heterocycles. The largest absolute Gasteiger partial charge is 0.433 e. The number of pyridine rings is 1. The summed E-state index contributed by atoms with van der Waals surface area (Å²) >= 11 is 0. The van der Waals surface area contributed by atoms with Gasteiger partial charge in [-0.05, 0) is 71.8 Å². The number of rotatable bonds is 5. The third kappa shape index (κ3) is 5.55. The number of aromatic nitrogens is 1. The summed E-state index contributed by atoms with van der Waals surface area (Å²) in [5.74, 6) is -0.835. The van der Waals surface area contributed by atoms with Crippen LogP contribution < -0.4 is 11.1 Å². The normalized spacial score (nSPS) is 12.2. The zero-order chi connectivity index (χ0) is 25.2. The van der Waals surface area contributed by atoms with Crippen LogP contribution in [0.1, 0.15) is 16.1 Å². The van der Waals surface area contributed by atoms with Crippen molar-refractivity contribution in [2.24, 2.45) is 0 Å². The number of hydrogen-bond donors (Lipinski definition) is 2. The monoisotopic (exact) mass is 499 g/mol. The SMILES string of the molecule is Nc1ccc(-c2ccc(F)cc2)cc1NC(=O)c1ccc(S(=O)c2ccc(C(F)(F)F)nc2)cc1. The fourth-order valence-electron chi connectivity index (χ4n) is 3.20. The van der Waals surface area contributed by atoms with Crippen molar-refractivity contribution >= 4 is 28.1 Å². The molecule has 1 unspecified atom stereocenters. The predicted molar refractivity (Wildman–Crippen MR) is 125 cm³/mol. The summed E-state index contributed by atoms with van der Waals surface area (Å²) < 4.78 is 63.9. The van der Waals surface area contributed by atoms with Crippen molar-refractivity contribution < 1.29 is 26.6 Å². The van der Waals surface area contributed by atoms with Gasteiger partial charge in [0, 0.05) is 16.7 Å². The second-order valence-electron chi connectivity index (χ2n) is 7.43. The Balaban J connectivity index is 1.49. The van der Waals surface area contributed by atoms with E-state index in [9.17, 15) is 26.6 Å². The number of benzene rings is 3. The van der Waals surface area contributed by atoms with Crippen LogP contribution >= 0.6 is 0 Å². The maximum atomic E-state index is 13.2. The van der Waals surface area contributed by atoms with E-state index >= 15 is 0 Å². The van der Waals surface area contributed by atoms with Gasteiger partial charge >= 0.3 is 6.18 Å². The van der Waals surface area contributed by atoms with Crippen LogP contribution in [0.3, 0.4) is 0 Å². The fraction of sp³-hybridized carbons (Fsp3) is 0.0400. The minimum atomic E-state index is -4.59. The standard InChI is InChI=1S/C25H17F4N3O2S/c26-18-6-1-15(2-7-18)17-5-11-21(30)22(13-17)32-24(33)16-3-8-19(9-4-16)35(34)20-10-12-23(31-14-20)25(27,28)29/h1-14H,30H2,(H,32,33). The van der Waals surface area contributed by atoms with E-state index in [4.69, 9.17) is 5.73 Å². The van der Waals surface area contributed by atoms with Gasteiger partial charge in [-0.15, -0.1) is 0 Å². The highest BCUT2D eigenvalue weighted by Gasteiger charge is 2.32. The van der Waals surface area contributed by atoms with E-state index < -0.39 is 28.6 Å². The van der Waals surface area contributed by atoms with E-state index in [1.807, 2.05) is 0 Å². The molecule has 0 aliphatic carbocycles. The molecule has 1 atom stereocenters. The molecule has 1 aromatic heterocycles. The van der Waals surface area contributed by atoms with Crippen LogP contribution in [0.15, 0.2) is 94.9 Å². The summed E-state index contributed by atoms with van der Waals surface area (Å²) in [4.78, 5) is 16.4. The molecule has 178 valence electrons. The molecule has 1 amide bonds. The first-order valence-electron chi connectivity index (χ1n) is 10.1. The molecule has 0 spiro atoms. The first-order chi connectivity index (χ1) is 16.6. The van der Waals surface area contributed by atoms with Crippen LogP contribution in [-0.2, 0) is 17.0 Å². The molecule has 3 aromatic carbocycles. The van der Waals surface area contributed by atoms with Crippen LogP contribution in [0, 0.1) is 5.82 Å². The highest BCUT2D eigenvalue weighted by atomic mass is 32.2. The molecule has 4 aromatic rings. The van der Waals surface area contributed by atoms with Crippen molar-refractivity contribution in [3.63, 3.8) is 0 Å². The Labute approximate surface area is 200 Å². The van der Waals surface area contributed by atoms with E-state index in [2.05, 4.69) is 10.3 Å². The Bertz CT molecular complexity index is 1390. The van der Waals surface area contributed by atoms with Crippen LogP contribution in [-0.4, -0.2) is 15.1 Å². The number of nitrogen functional groups attached to an aromatic ring is 1. The van der Waals surface area contributed by atoms with E-state index in [-0.39, 0.29) is 16.3 Å². The lowest BCUT2D eigenvalue weighted by Gasteiger charge is -2.11. The highest BCUT2D eigenvalue weighted by molar-refractivity contribution is 7.85. The summed E-state index contributed by atoms with van der Waals surface area (Å²) in [5, 5.41) is 2.72. The summed E-state index contributed by atoms with van der Waals surface area (Å²) in [6, 6.07) is 18.6. The molecule has 10 heteroatoms. The molecule has 0 radical (unpaired) electrons. The maximum absolute atomic E-state index is 13.2. The number of carbonyl (C=O) groups is 1. The molecule has 0 saturated heterocycles. The summed E-state index contributed by atoms with van der Waals surface area (Å²) in [5.41, 5.74) is 7.33. The first kappa shape index (κ1) is 24.1. The number of anilines is 2. The lowest BCUT2D eigenvalue weighted by Crippen LogP contribution is -2.13. The van der Waals surface area contributed by atoms with Gasteiger partial charge in [-0.1, -0.05) is 18.2 Å². The van der Waals surface area contributed by atoms with Crippen LogP contribution in [0.2, 0.25) is 0 Å². The molecular weight excluding hydrogens is 482 g/mol. The molecular formula is C25H17F4N3O2S. The Kier molecular flexibility index (Phi) is 6.65. The van der Waals surface area contributed by atoms with Gasteiger partial charge in [0.05, 0.1) is 27.1 Å². The van der Waals surface area contributed by atoms with Gasteiger partial charge in [0.15, 0.2) is 0 Å². The molecule has 4 rings (SSSR count). The van der Waals surface area contributed by atoms with Crippen molar-refractivity contribution in [2.75, 3.05) is 11.1 Å². The second kappa shape index (κ2) is 9.67. The number of nitrogens with zero attached hydrogens (tertiary/aromatic N) is 1. The van der Waals surface area contributed by atoms with Crippen LogP contribution in [0.4, 0.5) is 28.9 Å². The topological polar surface area (TPSA) is 85.1 Å². The first-order valence-corrected chi connectivity index (χ1v) is 11.3. The molecule has 0 fully saturated rings. The minimum absolute atomic E-state index is 0.0978. The highest BCUT2D eigenvalue weighted by Crippen LogP contribution is 2.29. The second-order valence-corrected chi connectivity index (χ2v) is 8.91. The molecule has 0 saturated carbocycles. The number of alkyl halides is 3. The summed E-state index contributed by atoms with van der Waals surface area (Å²) in [7, 11) is -1.78. The molecule has 0 bridgehead atoms. The zero-order valence-electron chi connectivity index (χ0n) is 17.8. The van der Waals surface area contributed by atoms with Crippen molar-refractivity contribution in [3.8, 4) is 11.1 Å². The Morgan fingerprint density at radius 2 is 1.49 bits per heavy atom. The van der Waals surface area contributed by atoms with E-state index in [1.165, 1.54) is 36.4 Å². The fourth-order valence-corrected chi connectivity index (χ4v) is 4.20. The number of halogens is 4. The number of nitrogens with one attached hydrogen (secondary N) is 1. The lowest BCUT2D eigenvalue weighted by atomic mass is 10.0. The molecule has 0 aliphatic rings. The number of hydrogen-bond acceptors (Lipinski definition) is 4. The van der Waals surface area contributed by atoms with E-state index in [1.54, 1.807) is 30.3 Å². The Morgan fingerprint density at radius 3 is 2.09 bits per heavy atom. The number of amides is 1. The van der Waals surface area contributed by atoms with Gasteiger partial charge in [-0.25, -0.2) is 8.60 Å². The average Bonchev–Trinajstić information content (AvgIpc) is 2.85. The van der Waals surface area contributed by atoms with E-state index in [0.717, 1.165) is 29.5 Å². The third-order valence-electron chi connectivity index (χ3n) is 5.05. The molecule has 5 nitrogen and oxygen atoms in total. The van der Waals surface area contributed by atoms with Crippen LogP contribution in [0.25, 0.3) is 11.1 Å². The minimum Gasteiger partial charge on any atom is -0.397 e. The maximum Gasteiger partial charge on any atom is 0.433 e.